The lowest BCUT2D eigenvalue weighted by molar-refractivity contribution is -0.133. The summed E-state index contributed by atoms with van der Waals surface area (Å²) in [4.78, 5) is 11.5. The fraction of sp³-hybridized carbons (Fsp3) is 0.900. The minimum atomic E-state index is 0.231. The molecule has 11 heavy (non-hydrogen) atoms. The average molecular weight is 154 g/mol. The van der Waals surface area contributed by atoms with Crippen LogP contribution >= 0.6 is 0 Å². The van der Waals surface area contributed by atoms with E-state index in [1.807, 2.05) is 13.8 Å². The first-order valence-electron chi connectivity index (χ1n) is 4.57. The fourth-order valence-electron chi connectivity index (χ4n) is 1.83. The molecule has 1 nitrogen and oxygen atoms in total. The van der Waals surface area contributed by atoms with Crippen molar-refractivity contribution in [3.8, 4) is 0 Å². The van der Waals surface area contributed by atoms with Gasteiger partial charge < -0.3 is 0 Å². The van der Waals surface area contributed by atoms with Crippen LogP contribution in [-0.4, -0.2) is 5.78 Å². The van der Waals surface area contributed by atoms with Crippen molar-refractivity contribution in [1.82, 2.24) is 0 Å². The molecule has 0 spiro atoms. The molecule has 1 aliphatic carbocycles. The van der Waals surface area contributed by atoms with Gasteiger partial charge in [0, 0.05) is 11.8 Å². The Bertz CT molecular complexity index is 160. The zero-order valence-corrected chi connectivity index (χ0v) is 7.92. The summed E-state index contributed by atoms with van der Waals surface area (Å²) in [6, 6.07) is 0. The summed E-state index contributed by atoms with van der Waals surface area (Å²) in [6.07, 6.45) is 1.12. The van der Waals surface area contributed by atoms with Crippen molar-refractivity contribution in [3.05, 3.63) is 0 Å². The molecule has 0 bridgehead atoms. The summed E-state index contributed by atoms with van der Waals surface area (Å²) in [5, 5.41) is 0. The van der Waals surface area contributed by atoms with Crippen LogP contribution in [0.2, 0.25) is 0 Å². The van der Waals surface area contributed by atoms with Gasteiger partial charge in [-0.3, -0.25) is 4.79 Å². The van der Waals surface area contributed by atoms with Crippen LogP contribution in [-0.2, 0) is 4.79 Å². The molecule has 0 heterocycles. The molecule has 0 aromatic heterocycles. The number of Topliss-reactive ketones (excluding diaryl/α,β-unsaturated/α-hetero) is 1. The lowest BCUT2D eigenvalue weighted by atomic mass is 9.63. The first-order valence-corrected chi connectivity index (χ1v) is 4.57. The third-order valence-corrected chi connectivity index (χ3v) is 3.09. The molecule has 0 saturated heterocycles. The molecule has 1 rings (SSSR count). The Morgan fingerprint density at radius 1 is 1.36 bits per heavy atom. The van der Waals surface area contributed by atoms with Gasteiger partial charge in [-0.15, -0.1) is 0 Å². The monoisotopic (exact) mass is 154 g/mol. The van der Waals surface area contributed by atoms with E-state index in [2.05, 4.69) is 13.8 Å². The Balaban J connectivity index is 2.46. The van der Waals surface area contributed by atoms with E-state index >= 15 is 0 Å². The zero-order valence-electron chi connectivity index (χ0n) is 7.92. The Labute approximate surface area is 69.2 Å². The fourth-order valence-corrected chi connectivity index (χ4v) is 1.83. The number of rotatable bonds is 2. The maximum Gasteiger partial charge on any atom is 0.138 e. The van der Waals surface area contributed by atoms with Crippen LogP contribution in [0.5, 0.6) is 0 Å². The van der Waals surface area contributed by atoms with Gasteiger partial charge in [-0.25, -0.2) is 0 Å². The quantitative estimate of drug-likeness (QED) is 0.597. The molecular weight excluding hydrogens is 136 g/mol. The average Bonchev–Trinajstić information content (AvgIpc) is 1.98. The SMILES string of the molecule is CC(C)C(=O)C1CC(C)C1C. The normalized spacial score (nSPS) is 37.0. The van der Waals surface area contributed by atoms with Gasteiger partial charge in [-0.1, -0.05) is 27.7 Å². The van der Waals surface area contributed by atoms with Gasteiger partial charge in [-0.05, 0) is 18.3 Å². The molecular formula is C10H18O. The number of ketones is 1. The molecule has 0 radical (unpaired) electrons. The molecule has 3 unspecified atom stereocenters. The Morgan fingerprint density at radius 3 is 2.18 bits per heavy atom. The molecule has 0 aromatic rings. The maximum absolute atomic E-state index is 11.5. The largest absolute Gasteiger partial charge is 0.299 e. The molecule has 0 aromatic carbocycles. The smallest absolute Gasteiger partial charge is 0.138 e. The minimum Gasteiger partial charge on any atom is -0.299 e. The number of carbonyl (C=O) groups excluding carboxylic acids is 1. The third kappa shape index (κ3) is 1.47. The standard InChI is InChI=1S/C10H18O/c1-6(2)10(11)9-5-7(3)8(9)4/h6-9H,5H2,1-4H3. The van der Waals surface area contributed by atoms with Gasteiger partial charge in [0.15, 0.2) is 0 Å². The Kier molecular flexibility index (Phi) is 2.36. The van der Waals surface area contributed by atoms with E-state index < -0.39 is 0 Å². The van der Waals surface area contributed by atoms with Crippen molar-refractivity contribution >= 4 is 5.78 Å². The van der Waals surface area contributed by atoms with Crippen molar-refractivity contribution in [3.63, 3.8) is 0 Å². The summed E-state index contributed by atoms with van der Waals surface area (Å²) in [5.41, 5.74) is 0. The van der Waals surface area contributed by atoms with Crippen LogP contribution < -0.4 is 0 Å². The number of carbonyl (C=O) groups is 1. The highest BCUT2D eigenvalue weighted by atomic mass is 16.1. The van der Waals surface area contributed by atoms with E-state index in [0.717, 1.165) is 12.3 Å². The predicted octanol–water partition coefficient (Wildman–Crippen LogP) is 2.50. The van der Waals surface area contributed by atoms with Crippen LogP contribution in [0.3, 0.4) is 0 Å². The van der Waals surface area contributed by atoms with Gasteiger partial charge in [0.1, 0.15) is 5.78 Å². The summed E-state index contributed by atoms with van der Waals surface area (Å²) in [7, 11) is 0. The molecule has 1 fully saturated rings. The number of hydrogen-bond donors (Lipinski definition) is 0. The van der Waals surface area contributed by atoms with E-state index in [1.165, 1.54) is 0 Å². The Morgan fingerprint density at radius 2 is 1.91 bits per heavy atom. The Hall–Kier alpha value is -0.330. The highest BCUT2D eigenvalue weighted by Gasteiger charge is 2.39. The maximum atomic E-state index is 11.5. The third-order valence-electron chi connectivity index (χ3n) is 3.09. The number of hydrogen-bond acceptors (Lipinski definition) is 1. The van der Waals surface area contributed by atoms with E-state index in [0.29, 0.717) is 17.6 Å². The van der Waals surface area contributed by atoms with Gasteiger partial charge in [0.05, 0.1) is 0 Å². The van der Waals surface area contributed by atoms with Crippen molar-refractivity contribution < 1.29 is 4.79 Å². The molecule has 1 heteroatoms. The minimum absolute atomic E-state index is 0.231. The second-order valence-electron chi connectivity index (χ2n) is 4.24. The van der Waals surface area contributed by atoms with Crippen LogP contribution in [0, 0.1) is 23.7 Å². The van der Waals surface area contributed by atoms with E-state index in [1.54, 1.807) is 0 Å². The summed E-state index contributed by atoms with van der Waals surface area (Å²) in [6.45, 7) is 8.42. The molecule has 1 aliphatic rings. The molecule has 0 amide bonds. The van der Waals surface area contributed by atoms with Gasteiger partial charge in [-0.2, -0.15) is 0 Å². The van der Waals surface area contributed by atoms with E-state index in [4.69, 9.17) is 0 Å². The topological polar surface area (TPSA) is 17.1 Å². The summed E-state index contributed by atoms with van der Waals surface area (Å²) < 4.78 is 0. The van der Waals surface area contributed by atoms with Gasteiger partial charge in [0.25, 0.3) is 0 Å². The molecule has 1 saturated carbocycles. The molecule has 0 aliphatic heterocycles. The summed E-state index contributed by atoms with van der Waals surface area (Å²) in [5.74, 6) is 2.48. The van der Waals surface area contributed by atoms with Crippen molar-refractivity contribution in [2.24, 2.45) is 23.7 Å². The van der Waals surface area contributed by atoms with Crippen molar-refractivity contribution in [2.75, 3.05) is 0 Å². The van der Waals surface area contributed by atoms with Crippen LogP contribution in [0.25, 0.3) is 0 Å². The second-order valence-corrected chi connectivity index (χ2v) is 4.24. The first-order chi connectivity index (χ1) is 5.04. The zero-order chi connectivity index (χ0) is 8.59. The van der Waals surface area contributed by atoms with Crippen LogP contribution in [0.1, 0.15) is 34.1 Å². The van der Waals surface area contributed by atoms with Crippen molar-refractivity contribution in [2.45, 2.75) is 34.1 Å². The second kappa shape index (κ2) is 2.96. The lowest BCUT2D eigenvalue weighted by Gasteiger charge is -2.40. The lowest BCUT2D eigenvalue weighted by Crippen LogP contribution is -2.39. The molecule has 64 valence electrons. The highest BCUT2D eigenvalue weighted by molar-refractivity contribution is 5.83. The van der Waals surface area contributed by atoms with E-state index in [9.17, 15) is 4.79 Å². The summed E-state index contributed by atoms with van der Waals surface area (Å²) >= 11 is 0. The molecule has 0 N–H and O–H groups in total. The van der Waals surface area contributed by atoms with Crippen LogP contribution in [0.15, 0.2) is 0 Å². The van der Waals surface area contributed by atoms with E-state index in [-0.39, 0.29) is 5.92 Å². The van der Waals surface area contributed by atoms with Gasteiger partial charge >= 0.3 is 0 Å². The molecule has 3 atom stereocenters. The van der Waals surface area contributed by atoms with Gasteiger partial charge in [0.2, 0.25) is 0 Å². The predicted molar refractivity (Wildman–Crippen MR) is 46.3 cm³/mol. The van der Waals surface area contributed by atoms with Crippen molar-refractivity contribution in [1.29, 1.82) is 0 Å². The highest BCUT2D eigenvalue weighted by Crippen LogP contribution is 2.41. The first kappa shape index (κ1) is 8.76. The van der Waals surface area contributed by atoms with Crippen LogP contribution in [0.4, 0.5) is 0 Å².